The number of rotatable bonds is 7. The van der Waals surface area contributed by atoms with Crippen molar-refractivity contribution in [3.8, 4) is 0 Å². The molecule has 26 heavy (non-hydrogen) atoms. The van der Waals surface area contributed by atoms with Gasteiger partial charge in [-0.05, 0) is 36.1 Å². The highest BCUT2D eigenvalue weighted by molar-refractivity contribution is 6.04. The summed E-state index contributed by atoms with van der Waals surface area (Å²) in [5.74, 6) is -1.60. The largest absolute Gasteiger partial charge is 0.480 e. The van der Waals surface area contributed by atoms with Crippen LogP contribution in [-0.4, -0.2) is 41.0 Å². The van der Waals surface area contributed by atoms with Crippen molar-refractivity contribution in [1.82, 2.24) is 10.2 Å². The molecule has 0 heterocycles. The molecule has 0 aliphatic rings. The van der Waals surface area contributed by atoms with Crippen LogP contribution in [-0.2, 0) is 11.2 Å². The summed E-state index contributed by atoms with van der Waals surface area (Å²) in [4.78, 5) is 36.3. The molecule has 0 saturated carbocycles. The molecule has 0 aliphatic carbocycles. The van der Waals surface area contributed by atoms with E-state index in [1.54, 1.807) is 12.1 Å². The summed E-state index contributed by atoms with van der Waals surface area (Å²) in [6, 6.07) is 16.4. The third-order valence-electron chi connectivity index (χ3n) is 3.78. The van der Waals surface area contributed by atoms with Crippen molar-refractivity contribution in [1.29, 1.82) is 0 Å². The molecule has 136 valence electrons. The molecule has 0 bridgehead atoms. The summed E-state index contributed by atoms with van der Waals surface area (Å²) in [5, 5.41) is 10.9. The summed E-state index contributed by atoms with van der Waals surface area (Å²) in [6.07, 6.45) is 1.34. The van der Waals surface area contributed by atoms with Gasteiger partial charge in [0.15, 0.2) is 0 Å². The fourth-order valence-corrected chi connectivity index (χ4v) is 2.52. The second kappa shape index (κ2) is 9.36. The number of imide groups is 1. The standard InChI is InChI=1S/C20H22N2O4/c1-2-12-22(20(26)21-14-18(23)24)19(25)17-10-8-16(9-11-17)13-15-6-4-3-5-7-15/h3-11H,2,12-14H2,1H3,(H,21,26)(H,23,24). The number of carboxylic acids is 1. The smallest absolute Gasteiger partial charge is 0.324 e. The van der Waals surface area contributed by atoms with E-state index >= 15 is 0 Å². The molecule has 0 fully saturated rings. The maximum Gasteiger partial charge on any atom is 0.324 e. The summed E-state index contributed by atoms with van der Waals surface area (Å²) < 4.78 is 0. The Morgan fingerprint density at radius 1 is 0.962 bits per heavy atom. The lowest BCUT2D eigenvalue weighted by atomic mass is 10.0. The zero-order valence-corrected chi connectivity index (χ0v) is 14.6. The van der Waals surface area contributed by atoms with Crippen molar-refractivity contribution in [3.05, 3.63) is 71.3 Å². The number of hydrogen-bond acceptors (Lipinski definition) is 3. The summed E-state index contributed by atoms with van der Waals surface area (Å²) >= 11 is 0. The van der Waals surface area contributed by atoms with E-state index in [0.29, 0.717) is 12.0 Å². The molecule has 0 spiro atoms. The van der Waals surface area contributed by atoms with Crippen LogP contribution in [0.4, 0.5) is 4.79 Å². The van der Waals surface area contributed by atoms with Gasteiger partial charge < -0.3 is 10.4 Å². The number of urea groups is 1. The fourth-order valence-electron chi connectivity index (χ4n) is 2.52. The third-order valence-corrected chi connectivity index (χ3v) is 3.78. The van der Waals surface area contributed by atoms with Gasteiger partial charge in [0, 0.05) is 12.1 Å². The van der Waals surface area contributed by atoms with Gasteiger partial charge in [-0.15, -0.1) is 0 Å². The van der Waals surface area contributed by atoms with Crippen LogP contribution < -0.4 is 5.32 Å². The quantitative estimate of drug-likeness (QED) is 0.800. The van der Waals surface area contributed by atoms with E-state index in [-0.39, 0.29) is 6.54 Å². The first kappa shape index (κ1) is 19.2. The van der Waals surface area contributed by atoms with Gasteiger partial charge in [-0.2, -0.15) is 0 Å². The zero-order valence-electron chi connectivity index (χ0n) is 14.6. The molecule has 0 radical (unpaired) electrons. The van der Waals surface area contributed by atoms with Crippen molar-refractivity contribution in [2.24, 2.45) is 0 Å². The number of nitrogens with zero attached hydrogens (tertiary/aromatic N) is 1. The normalized spacial score (nSPS) is 10.2. The fraction of sp³-hybridized carbons (Fsp3) is 0.250. The minimum Gasteiger partial charge on any atom is -0.480 e. The zero-order chi connectivity index (χ0) is 18.9. The minimum atomic E-state index is -1.16. The average molecular weight is 354 g/mol. The second-order valence-corrected chi connectivity index (χ2v) is 5.87. The van der Waals surface area contributed by atoms with Gasteiger partial charge in [0.2, 0.25) is 0 Å². The Morgan fingerprint density at radius 2 is 1.58 bits per heavy atom. The molecule has 3 amide bonds. The number of nitrogens with one attached hydrogen (secondary N) is 1. The lowest BCUT2D eigenvalue weighted by Crippen LogP contribution is -2.45. The molecule has 2 rings (SSSR count). The Labute approximate surface area is 152 Å². The predicted octanol–water partition coefficient (Wildman–Crippen LogP) is 2.92. The maximum absolute atomic E-state index is 12.6. The SMILES string of the molecule is CCCN(C(=O)NCC(=O)O)C(=O)c1ccc(Cc2ccccc2)cc1. The van der Waals surface area contributed by atoms with E-state index in [4.69, 9.17) is 5.11 Å². The molecule has 0 unspecified atom stereocenters. The first-order chi connectivity index (χ1) is 12.5. The van der Waals surface area contributed by atoms with Gasteiger partial charge in [-0.25, -0.2) is 4.79 Å². The van der Waals surface area contributed by atoms with Crippen LogP contribution in [0, 0.1) is 0 Å². The van der Waals surface area contributed by atoms with Gasteiger partial charge in [0.05, 0.1) is 0 Å². The molecular formula is C20H22N2O4. The molecular weight excluding hydrogens is 332 g/mol. The Morgan fingerprint density at radius 3 is 2.15 bits per heavy atom. The number of carbonyl (C=O) groups excluding carboxylic acids is 2. The van der Waals surface area contributed by atoms with Crippen LogP contribution in [0.25, 0.3) is 0 Å². The van der Waals surface area contributed by atoms with Crippen molar-refractivity contribution in [2.75, 3.05) is 13.1 Å². The van der Waals surface area contributed by atoms with Gasteiger partial charge >= 0.3 is 12.0 Å². The van der Waals surface area contributed by atoms with E-state index in [1.165, 1.54) is 5.56 Å². The van der Waals surface area contributed by atoms with Crippen LogP contribution in [0.1, 0.15) is 34.8 Å². The Kier molecular flexibility index (Phi) is 6.91. The molecule has 6 heteroatoms. The average Bonchev–Trinajstić information content (AvgIpc) is 2.65. The number of hydrogen-bond donors (Lipinski definition) is 2. The highest BCUT2D eigenvalue weighted by atomic mass is 16.4. The molecule has 0 aliphatic heterocycles. The highest BCUT2D eigenvalue weighted by Gasteiger charge is 2.22. The van der Waals surface area contributed by atoms with Crippen molar-refractivity contribution < 1.29 is 19.5 Å². The summed E-state index contributed by atoms with van der Waals surface area (Å²) in [7, 11) is 0. The lowest BCUT2D eigenvalue weighted by Gasteiger charge is -2.20. The van der Waals surface area contributed by atoms with Crippen LogP contribution in [0.15, 0.2) is 54.6 Å². The predicted molar refractivity (Wildman–Crippen MR) is 98.1 cm³/mol. The number of carbonyl (C=O) groups is 3. The van der Waals surface area contributed by atoms with Crippen molar-refractivity contribution >= 4 is 17.9 Å². The highest BCUT2D eigenvalue weighted by Crippen LogP contribution is 2.13. The van der Waals surface area contributed by atoms with Gasteiger partial charge in [0.1, 0.15) is 6.54 Å². The summed E-state index contributed by atoms with van der Waals surface area (Å²) in [6.45, 7) is 1.53. The maximum atomic E-state index is 12.6. The minimum absolute atomic E-state index is 0.218. The number of carboxylic acid groups (broad SMARTS) is 1. The number of benzene rings is 2. The van der Waals surface area contributed by atoms with Crippen molar-refractivity contribution in [2.45, 2.75) is 19.8 Å². The Bertz CT molecular complexity index is 757. The van der Waals surface area contributed by atoms with E-state index in [1.807, 2.05) is 49.4 Å². The molecule has 6 nitrogen and oxygen atoms in total. The van der Waals surface area contributed by atoms with E-state index in [0.717, 1.165) is 16.9 Å². The number of amides is 3. The molecule has 2 aromatic carbocycles. The lowest BCUT2D eigenvalue weighted by molar-refractivity contribution is -0.135. The Balaban J connectivity index is 2.08. The van der Waals surface area contributed by atoms with Gasteiger partial charge in [-0.1, -0.05) is 49.4 Å². The molecule has 0 atom stereocenters. The van der Waals surface area contributed by atoms with Crippen LogP contribution in [0.5, 0.6) is 0 Å². The van der Waals surface area contributed by atoms with E-state index < -0.39 is 24.5 Å². The van der Waals surface area contributed by atoms with E-state index in [9.17, 15) is 14.4 Å². The third kappa shape index (κ3) is 5.44. The topological polar surface area (TPSA) is 86.7 Å². The van der Waals surface area contributed by atoms with Gasteiger partial charge in [0.25, 0.3) is 5.91 Å². The summed E-state index contributed by atoms with van der Waals surface area (Å²) in [5.41, 5.74) is 2.62. The number of aliphatic carboxylic acids is 1. The molecule has 2 aromatic rings. The van der Waals surface area contributed by atoms with Crippen LogP contribution in [0.2, 0.25) is 0 Å². The van der Waals surface area contributed by atoms with E-state index in [2.05, 4.69) is 5.32 Å². The van der Waals surface area contributed by atoms with Crippen LogP contribution in [0.3, 0.4) is 0 Å². The van der Waals surface area contributed by atoms with Crippen LogP contribution >= 0.6 is 0 Å². The second-order valence-electron chi connectivity index (χ2n) is 5.87. The molecule has 2 N–H and O–H groups in total. The first-order valence-corrected chi connectivity index (χ1v) is 8.45. The first-order valence-electron chi connectivity index (χ1n) is 8.45. The monoisotopic (exact) mass is 354 g/mol. The Hall–Kier alpha value is -3.15. The molecule has 0 saturated heterocycles. The molecule has 0 aromatic heterocycles. The van der Waals surface area contributed by atoms with Crippen molar-refractivity contribution in [3.63, 3.8) is 0 Å². The van der Waals surface area contributed by atoms with Gasteiger partial charge in [-0.3, -0.25) is 14.5 Å².